The minimum absolute atomic E-state index is 0. The van der Waals surface area contributed by atoms with Gasteiger partial charge in [-0.1, -0.05) is 121 Å². The summed E-state index contributed by atoms with van der Waals surface area (Å²) in [6.45, 7) is 0. The molecule has 0 fully saturated rings. The van der Waals surface area contributed by atoms with Crippen LogP contribution in [0.15, 0.2) is 206 Å². The molecule has 0 radical (unpaired) electrons. The monoisotopic (exact) mass is 1200 g/mol. The second-order valence-electron chi connectivity index (χ2n) is 14.8. The zero-order valence-electron chi connectivity index (χ0n) is 34.5. The van der Waals surface area contributed by atoms with E-state index < -0.39 is 15.8 Å². The predicted octanol–water partition coefficient (Wildman–Crippen LogP) is 11.3. The van der Waals surface area contributed by atoms with Gasteiger partial charge in [-0.2, -0.15) is 0 Å². The Labute approximate surface area is 399 Å². The zero-order chi connectivity index (χ0) is 41.3. The van der Waals surface area contributed by atoms with Crippen molar-refractivity contribution >= 4 is 80.7 Å². The summed E-state index contributed by atoms with van der Waals surface area (Å²) in [5.41, 5.74) is 6.38. The van der Waals surface area contributed by atoms with Gasteiger partial charge >= 0.3 is 44.8 Å². The van der Waals surface area contributed by atoms with Gasteiger partial charge in [0.15, 0.2) is 0 Å². The summed E-state index contributed by atoms with van der Waals surface area (Å²) >= 11 is 0. The first-order valence-electron chi connectivity index (χ1n) is 20.3. The third kappa shape index (κ3) is 10.4. The molecule has 0 saturated heterocycles. The molecule has 0 amide bonds. The quantitative estimate of drug-likeness (QED) is 0.0651. The van der Waals surface area contributed by atoms with Gasteiger partial charge in [0.2, 0.25) is 0 Å². The minimum Gasteiger partial charge on any atom is -0.366 e. The number of nitrogens with zero attached hydrogens (tertiary/aromatic N) is 2. The van der Waals surface area contributed by atoms with E-state index in [4.69, 9.17) is 12.8 Å². The van der Waals surface area contributed by atoms with Gasteiger partial charge in [0, 0.05) is 57.7 Å². The molecular weight excluding hydrogens is 1160 g/mol. The van der Waals surface area contributed by atoms with Crippen LogP contribution in [0.4, 0.5) is 0 Å². The summed E-state index contributed by atoms with van der Waals surface area (Å²) in [6.07, 6.45) is 16.9. The van der Waals surface area contributed by atoms with E-state index in [2.05, 4.69) is 205 Å². The Morgan fingerprint density at radius 3 is 0.935 bits per heavy atom. The van der Waals surface area contributed by atoms with E-state index in [1.54, 1.807) is 0 Å². The van der Waals surface area contributed by atoms with E-state index >= 15 is 0 Å². The van der Waals surface area contributed by atoms with Crippen molar-refractivity contribution in [1.82, 2.24) is 9.13 Å². The molecule has 0 N–H and O–H groups in total. The summed E-state index contributed by atoms with van der Waals surface area (Å²) in [5.74, 6) is 4.85. The largest absolute Gasteiger partial charge is 1.00 e. The van der Waals surface area contributed by atoms with Crippen LogP contribution in [0.3, 0.4) is 0 Å². The average molecular weight is 1200 g/mol. The van der Waals surface area contributed by atoms with Crippen molar-refractivity contribution in [1.29, 1.82) is 0 Å². The number of fused-ring (bicyclic) bond motifs is 6. The van der Waals surface area contributed by atoms with Crippen LogP contribution in [0.5, 0.6) is 0 Å². The molecule has 2 heterocycles. The van der Waals surface area contributed by atoms with Gasteiger partial charge in [0.25, 0.3) is 0 Å². The van der Waals surface area contributed by atoms with Crippen LogP contribution in [-0.4, -0.2) is 21.5 Å². The first-order valence-corrected chi connectivity index (χ1v) is 23.7. The predicted molar refractivity (Wildman–Crippen MR) is 264 cm³/mol. The summed E-state index contributed by atoms with van der Waals surface area (Å²) in [7, 11) is 2.54. The van der Waals surface area contributed by atoms with Gasteiger partial charge in [-0.25, -0.2) is 0 Å². The van der Waals surface area contributed by atoms with E-state index in [0.29, 0.717) is 0 Å². The maximum atomic E-state index is 7.16. The van der Waals surface area contributed by atoms with Crippen LogP contribution in [0.1, 0.15) is 11.1 Å². The number of hydrogen-bond donors (Lipinski definition) is 0. The Hall–Kier alpha value is -5.18. The van der Waals surface area contributed by atoms with Crippen molar-refractivity contribution in [3.63, 3.8) is 0 Å². The van der Waals surface area contributed by atoms with E-state index in [1.807, 2.05) is 36.4 Å². The van der Waals surface area contributed by atoms with Crippen LogP contribution in [0.25, 0.3) is 43.6 Å². The van der Waals surface area contributed by atoms with Crippen molar-refractivity contribution in [2.45, 2.75) is 0 Å². The molecule has 10 aromatic rings. The smallest absolute Gasteiger partial charge is 0.366 e. The Kier molecular flexibility index (Phi) is 16.6. The van der Waals surface area contributed by atoms with Crippen LogP contribution < -0.4 is 21.2 Å². The Morgan fingerprint density at radius 1 is 0.355 bits per heavy atom. The molecule has 0 spiro atoms. The number of aryl methyl sites for hydroxylation is 2. The molecule has 8 aromatic carbocycles. The van der Waals surface area contributed by atoms with Gasteiger partial charge in [0.05, 0.1) is 37.1 Å². The molecule has 0 saturated carbocycles. The Morgan fingerprint density at radius 2 is 0.629 bits per heavy atom. The van der Waals surface area contributed by atoms with E-state index in [1.165, 1.54) is 66.1 Å². The molecule has 6 heteroatoms. The number of benzene rings is 8. The van der Waals surface area contributed by atoms with Crippen LogP contribution >= 0.6 is 15.8 Å². The molecule has 2 aromatic heterocycles. The second-order valence-corrected chi connectivity index (χ2v) is 20.0. The Bertz CT molecular complexity index is 2800. The van der Waals surface area contributed by atoms with Crippen LogP contribution in [-0.2, 0) is 58.9 Å². The molecule has 0 aliphatic carbocycles. The zero-order valence-corrected chi connectivity index (χ0v) is 40.9. The normalized spacial score (nSPS) is 10.5. The summed E-state index contributed by atoms with van der Waals surface area (Å²) in [4.78, 5) is 0. The average Bonchev–Trinajstić information content (AvgIpc) is 3.78. The first kappa shape index (κ1) is 46.3. The molecular formula is C56H46Au2N2P2+2. The van der Waals surface area contributed by atoms with Crippen molar-refractivity contribution in [3.05, 3.63) is 230 Å². The van der Waals surface area contributed by atoms with Gasteiger partial charge in [-0.3, -0.25) is 11.8 Å². The standard InChI is InChI=1S/C26H24P2.2C15H10N.2Au/c1-5-13-23(14-6-1)27(24-15-7-2-8-16-24)21-22-28(25-17-9-3-10-18-25)26-19-11-4-12-20-26;2*1-3-11-8-9-13-12-6-4-5-7-14(12)16(2)15(13)10-11;;/h1-20H,21-22H2;2*4-10H,2H3;;/q;2*-1;2*+1/p+2. The molecule has 2 nitrogen and oxygen atoms in total. The van der Waals surface area contributed by atoms with Crippen molar-refractivity contribution in [2.75, 3.05) is 12.3 Å². The second kappa shape index (κ2) is 22.3. The van der Waals surface area contributed by atoms with Gasteiger partial charge in [-0.15, -0.1) is 35.4 Å². The number of rotatable bonds is 7. The molecule has 0 aliphatic rings. The Balaban J connectivity index is 0.000000162. The van der Waals surface area contributed by atoms with E-state index in [-0.39, 0.29) is 44.8 Å². The van der Waals surface area contributed by atoms with Crippen LogP contribution in [0, 0.1) is 24.7 Å². The molecule has 0 unspecified atom stereocenters. The maximum Gasteiger partial charge on any atom is 1.00 e. The molecule has 0 bridgehead atoms. The summed E-state index contributed by atoms with van der Waals surface area (Å²) in [5, 5.41) is 11.0. The molecule has 310 valence electrons. The topological polar surface area (TPSA) is 9.86 Å². The fraction of sp³-hybridized carbons (Fsp3) is 0.0714. The van der Waals surface area contributed by atoms with Gasteiger partial charge < -0.3 is 22.0 Å². The van der Waals surface area contributed by atoms with Crippen molar-refractivity contribution in [3.8, 4) is 11.8 Å². The van der Waals surface area contributed by atoms with E-state index in [9.17, 15) is 0 Å². The molecule has 10 rings (SSSR count). The number of hydrogen-bond acceptors (Lipinski definition) is 0. The molecule has 62 heavy (non-hydrogen) atoms. The molecule has 0 aliphatic heterocycles. The summed E-state index contributed by atoms with van der Waals surface area (Å²) < 4.78 is 4.32. The SMILES string of the molecule is [Au+].[Au+].[C-]#Cc1ccc2c3ccccc3n(C)c2c1.[C-]#Cc1ccc2c3ccccc3n(C)c2c1.c1ccc([PH+](CC[PH+](c2ccccc2)c2ccccc2)c2ccccc2)cc1. The third-order valence-electron chi connectivity index (χ3n) is 11.2. The number of aromatic nitrogens is 2. The summed E-state index contributed by atoms with van der Waals surface area (Å²) in [6, 6.07) is 73.2. The van der Waals surface area contributed by atoms with Crippen molar-refractivity contribution in [2.24, 2.45) is 14.1 Å². The molecule has 0 atom stereocenters. The first-order chi connectivity index (χ1) is 29.5. The fourth-order valence-corrected chi connectivity index (χ4v) is 14.4. The van der Waals surface area contributed by atoms with Gasteiger partial charge in [-0.05, 0) is 60.7 Å². The van der Waals surface area contributed by atoms with Crippen molar-refractivity contribution < 1.29 is 44.8 Å². The third-order valence-corrected chi connectivity index (χ3v) is 17.4. The number of para-hydroxylation sites is 2. The van der Waals surface area contributed by atoms with E-state index in [0.717, 1.165) is 22.2 Å². The van der Waals surface area contributed by atoms with Gasteiger partial charge in [0.1, 0.15) is 12.3 Å². The van der Waals surface area contributed by atoms with Crippen LogP contribution in [0.2, 0.25) is 0 Å². The maximum absolute atomic E-state index is 7.16. The minimum atomic E-state index is -0.783. The fourth-order valence-electron chi connectivity index (χ4n) is 8.19.